The van der Waals surface area contributed by atoms with Gasteiger partial charge in [0.15, 0.2) is 0 Å². The second kappa shape index (κ2) is 13.0. The van der Waals surface area contributed by atoms with E-state index in [9.17, 15) is 0 Å². The predicted octanol–water partition coefficient (Wildman–Crippen LogP) is 2.98. The van der Waals surface area contributed by atoms with Gasteiger partial charge in [-0.2, -0.15) is 15.8 Å². The average molecular weight is 327 g/mol. The Labute approximate surface area is 142 Å². The van der Waals surface area contributed by atoms with Gasteiger partial charge < -0.3 is 14.2 Å². The van der Waals surface area contributed by atoms with Gasteiger partial charge in [0.1, 0.15) is 0 Å². The fraction of sp³-hybridized carbons (Fsp3) is 0.500. The van der Waals surface area contributed by atoms with E-state index in [1.165, 1.54) is 0 Å². The van der Waals surface area contributed by atoms with Gasteiger partial charge in [0.2, 0.25) is 0 Å². The van der Waals surface area contributed by atoms with Gasteiger partial charge in [-0.15, -0.1) is 0 Å². The Balaban J connectivity index is 2.73. The summed E-state index contributed by atoms with van der Waals surface area (Å²) >= 11 is 0. The van der Waals surface area contributed by atoms with Gasteiger partial charge in [0.25, 0.3) is 0 Å². The van der Waals surface area contributed by atoms with E-state index in [0.717, 1.165) is 16.7 Å². The molecular formula is C18H21N3O3. The Morgan fingerprint density at radius 3 is 1.50 bits per heavy atom. The molecule has 0 bridgehead atoms. The number of rotatable bonds is 12. The second-order valence-corrected chi connectivity index (χ2v) is 4.94. The minimum Gasteiger partial charge on any atom is -0.376 e. The first kappa shape index (κ1) is 19.6. The lowest BCUT2D eigenvalue weighted by atomic mass is 10.0. The van der Waals surface area contributed by atoms with E-state index in [1.807, 2.05) is 36.4 Å². The Kier molecular flexibility index (Phi) is 10.7. The van der Waals surface area contributed by atoms with Crippen LogP contribution >= 0.6 is 0 Å². The van der Waals surface area contributed by atoms with Crippen molar-refractivity contribution in [3.8, 4) is 18.2 Å². The standard InChI is InChI=1S/C18H21N3O3/c19-7-2-10-22-13-16-5-1-6-17(14-23-11-3-8-20)18(16)15-24-12-4-9-21/h1,5-6H,2-4,10-15H2. The van der Waals surface area contributed by atoms with E-state index < -0.39 is 0 Å². The first-order valence-corrected chi connectivity index (χ1v) is 7.77. The molecule has 0 spiro atoms. The number of nitrogens with zero attached hydrogens (tertiary/aromatic N) is 3. The predicted molar refractivity (Wildman–Crippen MR) is 86.1 cm³/mol. The van der Waals surface area contributed by atoms with Crippen LogP contribution in [0.2, 0.25) is 0 Å². The van der Waals surface area contributed by atoms with Crippen molar-refractivity contribution in [3.63, 3.8) is 0 Å². The molecule has 1 aromatic carbocycles. The third-order valence-electron chi connectivity index (χ3n) is 3.21. The van der Waals surface area contributed by atoms with Crippen LogP contribution in [0.4, 0.5) is 0 Å². The summed E-state index contributed by atoms with van der Waals surface area (Å²) in [5, 5.41) is 25.7. The van der Waals surface area contributed by atoms with Crippen LogP contribution in [0.5, 0.6) is 0 Å². The molecule has 0 fully saturated rings. The molecule has 0 N–H and O–H groups in total. The van der Waals surface area contributed by atoms with Gasteiger partial charge in [0, 0.05) is 0 Å². The zero-order valence-corrected chi connectivity index (χ0v) is 13.7. The molecule has 0 aliphatic heterocycles. The summed E-state index contributed by atoms with van der Waals surface area (Å²) < 4.78 is 16.6. The van der Waals surface area contributed by atoms with Crippen LogP contribution in [0.15, 0.2) is 18.2 Å². The highest BCUT2D eigenvalue weighted by molar-refractivity contribution is 5.34. The highest BCUT2D eigenvalue weighted by atomic mass is 16.5. The fourth-order valence-electron chi connectivity index (χ4n) is 2.04. The maximum Gasteiger partial charge on any atom is 0.0724 e. The number of hydrogen-bond acceptors (Lipinski definition) is 6. The van der Waals surface area contributed by atoms with E-state index in [1.54, 1.807) is 0 Å². The SMILES string of the molecule is N#CCCOCc1cccc(COCCC#N)c1COCCC#N. The molecule has 1 rings (SSSR count). The van der Waals surface area contributed by atoms with E-state index in [4.69, 9.17) is 30.0 Å². The maximum atomic E-state index is 8.58. The van der Waals surface area contributed by atoms with Crippen molar-refractivity contribution in [3.05, 3.63) is 34.9 Å². The van der Waals surface area contributed by atoms with Crippen molar-refractivity contribution >= 4 is 0 Å². The molecule has 0 radical (unpaired) electrons. The van der Waals surface area contributed by atoms with E-state index in [2.05, 4.69) is 0 Å². The molecule has 126 valence electrons. The highest BCUT2D eigenvalue weighted by Gasteiger charge is 2.09. The molecule has 0 aromatic heterocycles. The van der Waals surface area contributed by atoms with E-state index >= 15 is 0 Å². The van der Waals surface area contributed by atoms with Crippen LogP contribution < -0.4 is 0 Å². The van der Waals surface area contributed by atoms with Gasteiger partial charge in [0.05, 0.1) is 77.1 Å². The largest absolute Gasteiger partial charge is 0.376 e. The van der Waals surface area contributed by atoms with Crippen molar-refractivity contribution < 1.29 is 14.2 Å². The summed E-state index contributed by atoms with van der Waals surface area (Å²) in [5.74, 6) is 0. The molecule has 0 saturated heterocycles. The molecule has 1 aromatic rings. The molecule has 0 aliphatic rings. The van der Waals surface area contributed by atoms with Crippen LogP contribution in [0.25, 0.3) is 0 Å². The second-order valence-electron chi connectivity index (χ2n) is 4.94. The molecule has 6 nitrogen and oxygen atoms in total. The molecule has 0 saturated carbocycles. The van der Waals surface area contributed by atoms with Crippen LogP contribution in [-0.2, 0) is 34.0 Å². The van der Waals surface area contributed by atoms with E-state index in [0.29, 0.717) is 58.9 Å². The molecular weight excluding hydrogens is 306 g/mol. The minimum absolute atomic E-state index is 0.342. The van der Waals surface area contributed by atoms with Crippen LogP contribution in [-0.4, -0.2) is 19.8 Å². The summed E-state index contributed by atoms with van der Waals surface area (Å²) in [5.41, 5.74) is 2.93. The maximum absolute atomic E-state index is 8.58. The van der Waals surface area contributed by atoms with Gasteiger partial charge in [-0.3, -0.25) is 0 Å². The lowest BCUT2D eigenvalue weighted by Gasteiger charge is -2.15. The van der Waals surface area contributed by atoms with Gasteiger partial charge >= 0.3 is 0 Å². The summed E-state index contributed by atoms with van der Waals surface area (Å²) in [6.07, 6.45) is 1.05. The van der Waals surface area contributed by atoms with Crippen LogP contribution in [0, 0.1) is 34.0 Å². The molecule has 24 heavy (non-hydrogen) atoms. The smallest absolute Gasteiger partial charge is 0.0724 e. The molecule has 0 unspecified atom stereocenters. The lowest BCUT2D eigenvalue weighted by Crippen LogP contribution is -2.07. The van der Waals surface area contributed by atoms with Gasteiger partial charge in [-0.25, -0.2) is 0 Å². The third-order valence-corrected chi connectivity index (χ3v) is 3.21. The molecule has 0 aliphatic carbocycles. The Hall–Kier alpha value is -2.43. The summed E-state index contributed by atoms with van der Waals surface area (Å²) in [6, 6.07) is 12.0. The zero-order valence-electron chi connectivity index (χ0n) is 13.7. The van der Waals surface area contributed by atoms with Crippen molar-refractivity contribution in [2.45, 2.75) is 39.1 Å². The normalized spacial score (nSPS) is 9.88. The lowest BCUT2D eigenvalue weighted by molar-refractivity contribution is 0.104. The Bertz CT molecular complexity index is 571. The van der Waals surface area contributed by atoms with Crippen molar-refractivity contribution in [2.75, 3.05) is 19.8 Å². The fourth-order valence-corrected chi connectivity index (χ4v) is 2.04. The van der Waals surface area contributed by atoms with E-state index in [-0.39, 0.29) is 0 Å². The summed E-state index contributed by atoms with van der Waals surface area (Å²) in [4.78, 5) is 0. The van der Waals surface area contributed by atoms with Crippen molar-refractivity contribution in [2.24, 2.45) is 0 Å². The quantitative estimate of drug-likeness (QED) is 0.547. The minimum atomic E-state index is 0.342. The molecule has 0 atom stereocenters. The third kappa shape index (κ3) is 7.72. The van der Waals surface area contributed by atoms with Gasteiger partial charge in [-0.1, -0.05) is 18.2 Å². The number of ether oxygens (including phenoxy) is 3. The summed E-state index contributed by atoms with van der Waals surface area (Å²) in [7, 11) is 0. The zero-order chi connectivity index (χ0) is 17.5. The molecule has 0 amide bonds. The number of nitriles is 3. The number of hydrogen-bond donors (Lipinski definition) is 0. The molecule has 6 heteroatoms. The number of benzene rings is 1. The Morgan fingerprint density at radius 1 is 0.667 bits per heavy atom. The summed E-state index contributed by atoms with van der Waals surface area (Å²) in [6.45, 7) is 2.29. The van der Waals surface area contributed by atoms with Gasteiger partial charge in [-0.05, 0) is 16.7 Å². The monoisotopic (exact) mass is 327 g/mol. The first-order valence-electron chi connectivity index (χ1n) is 7.77. The average Bonchev–Trinajstić information content (AvgIpc) is 2.60. The Morgan fingerprint density at radius 2 is 1.08 bits per heavy atom. The first-order chi connectivity index (χ1) is 11.8. The molecule has 0 heterocycles. The highest BCUT2D eigenvalue weighted by Crippen LogP contribution is 2.19. The van der Waals surface area contributed by atoms with Crippen LogP contribution in [0.3, 0.4) is 0 Å². The van der Waals surface area contributed by atoms with Crippen LogP contribution in [0.1, 0.15) is 36.0 Å². The topological polar surface area (TPSA) is 99.1 Å². The van der Waals surface area contributed by atoms with Crippen molar-refractivity contribution in [1.29, 1.82) is 15.8 Å². The van der Waals surface area contributed by atoms with Crippen molar-refractivity contribution in [1.82, 2.24) is 0 Å².